The second kappa shape index (κ2) is 10.9. The number of halogens is 1. The van der Waals surface area contributed by atoms with Gasteiger partial charge in [-0.05, 0) is 64.4 Å². The van der Waals surface area contributed by atoms with Crippen LogP contribution in [-0.2, 0) is 16.2 Å². The van der Waals surface area contributed by atoms with E-state index in [0.29, 0.717) is 22.8 Å². The van der Waals surface area contributed by atoms with Crippen molar-refractivity contribution >= 4 is 52.0 Å². The van der Waals surface area contributed by atoms with Gasteiger partial charge < -0.3 is 14.2 Å². The van der Waals surface area contributed by atoms with Gasteiger partial charge in [-0.25, -0.2) is 9.69 Å². The van der Waals surface area contributed by atoms with Crippen LogP contribution >= 0.6 is 11.6 Å². The Kier molecular flexibility index (Phi) is 7.21. The lowest BCUT2D eigenvalue weighted by Gasteiger charge is -2.26. The van der Waals surface area contributed by atoms with Crippen molar-refractivity contribution in [1.82, 2.24) is 5.32 Å². The average Bonchev–Trinajstić information content (AvgIpc) is 2.94. The molecule has 1 fully saturated rings. The lowest BCUT2D eigenvalue weighted by atomic mass is 10.1. The number of nitrogens with zero attached hydrogens (tertiary/aromatic N) is 1. The minimum absolute atomic E-state index is 0.230. The van der Waals surface area contributed by atoms with E-state index in [1.165, 1.54) is 20.3 Å². The molecule has 1 aliphatic rings. The third kappa shape index (κ3) is 5.15. The van der Waals surface area contributed by atoms with Gasteiger partial charge in [-0.15, -0.1) is 0 Å². The van der Waals surface area contributed by atoms with Crippen LogP contribution in [0.25, 0.3) is 16.8 Å². The number of hydrogen-bond donors (Lipinski definition) is 1. The molecule has 1 aliphatic heterocycles. The van der Waals surface area contributed by atoms with E-state index in [4.69, 9.17) is 25.8 Å². The van der Waals surface area contributed by atoms with Crippen LogP contribution in [0.15, 0.2) is 84.4 Å². The number of urea groups is 1. The van der Waals surface area contributed by atoms with Crippen LogP contribution in [-0.4, -0.2) is 32.1 Å². The Hall–Kier alpha value is -4.82. The molecule has 0 aliphatic carbocycles. The molecule has 0 radical (unpaired) electrons. The Balaban J connectivity index is 1.43. The minimum Gasteiger partial charge on any atom is -0.497 e. The first-order valence-electron chi connectivity index (χ1n) is 11.9. The normalized spacial score (nSPS) is 14.5. The smallest absolute Gasteiger partial charge is 0.335 e. The second-order valence-corrected chi connectivity index (χ2v) is 9.02. The number of carbonyl (C=O) groups is 3. The molecule has 196 valence electrons. The van der Waals surface area contributed by atoms with E-state index in [9.17, 15) is 14.4 Å². The van der Waals surface area contributed by atoms with Crippen molar-refractivity contribution in [2.24, 2.45) is 0 Å². The van der Waals surface area contributed by atoms with Crippen LogP contribution in [0.5, 0.6) is 17.2 Å². The number of ether oxygens (including phenoxy) is 3. The van der Waals surface area contributed by atoms with E-state index < -0.39 is 17.8 Å². The van der Waals surface area contributed by atoms with Crippen LogP contribution in [0, 0.1) is 0 Å². The predicted molar refractivity (Wildman–Crippen MR) is 148 cm³/mol. The molecule has 0 aromatic heterocycles. The fraction of sp³-hybridized carbons (Fsp3) is 0.100. The fourth-order valence-electron chi connectivity index (χ4n) is 4.32. The zero-order valence-electron chi connectivity index (χ0n) is 21.1. The van der Waals surface area contributed by atoms with Crippen molar-refractivity contribution in [2.75, 3.05) is 19.1 Å². The first-order chi connectivity index (χ1) is 18.9. The molecule has 4 aromatic carbocycles. The monoisotopic (exact) mass is 542 g/mol. The third-order valence-electron chi connectivity index (χ3n) is 6.25. The van der Waals surface area contributed by atoms with Crippen molar-refractivity contribution in [3.8, 4) is 17.2 Å². The summed E-state index contributed by atoms with van der Waals surface area (Å²) in [5, 5.41) is 4.59. The number of anilines is 1. The van der Waals surface area contributed by atoms with Gasteiger partial charge >= 0.3 is 6.03 Å². The molecule has 5 rings (SSSR count). The van der Waals surface area contributed by atoms with Gasteiger partial charge in [0.1, 0.15) is 17.9 Å². The molecule has 0 bridgehead atoms. The number of imide groups is 2. The Labute approximate surface area is 229 Å². The van der Waals surface area contributed by atoms with Crippen LogP contribution in [0.3, 0.4) is 0 Å². The summed E-state index contributed by atoms with van der Waals surface area (Å²) in [4.78, 5) is 39.2. The summed E-state index contributed by atoms with van der Waals surface area (Å²) in [6.45, 7) is 0.248. The van der Waals surface area contributed by atoms with Crippen LogP contribution in [0.4, 0.5) is 10.5 Å². The van der Waals surface area contributed by atoms with Gasteiger partial charge in [-0.3, -0.25) is 14.9 Å². The highest BCUT2D eigenvalue weighted by Gasteiger charge is 2.37. The molecule has 39 heavy (non-hydrogen) atoms. The quantitative estimate of drug-likeness (QED) is 0.236. The first kappa shape index (κ1) is 25.8. The zero-order chi connectivity index (χ0) is 27.5. The summed E-state index contributed by atoms with van der Waals surface area (Å²) in [7, 11) is 2.97. The standard InChI is InChI=1S/C30H23ClN2O6/c1-37-22-12-10-21(11-13-22)33-29(35)24(28(34)32-30(33)36)14-18-15-25(31)27(26(16-18)38-2)39-17-20-8-5-7-19-6-3-4-9-23(19)20/h3-16H,17H2,1-2H3,(H,32,34,36). The maximum absolute atomic E-state index is 13.2. The number of amides is 4. The van der Waals surface area contributed by atoms with Crippen molar-refractivity contribution in [3.63, 3.8) is 0 Å². The van der Waals surface area contributed by atoms with E-state index in [2.05, 4.69) is 5.32 Å². The first-order valence-corrected chi connectivity index (χ1v) is 12.3. The average molecular weight is 543 g/mol. The van der Waals surface area contributed by atoms with Crippen molar-refractivity contribution in [3.05, 3.63) is 101 Å². The molecule has 8 nitrogen and oxygen atoms in total. The largest absolute Gasteiger partial charge is 0.497 e. The molecule has 1 heterocycles. The molecular weight excluding hydrogens is 520 g/mol. The molecule has 0 saturated carbocycles. The summed E-state index contributed by atoms with van der Waals surface area (Å²) < 4.78 is 16.7. The Morgan fingerprint density at radius 1 is 0.897 bits per heavy atom. The van der Waals surface area contributed by atoms with Crippen molar-refractivity contribution in [2.45, 2.75) is 6.61 Å². The lowest BCUT2D eigenvalue weighted by Crippen LogP contribution is -2.54. The fourth-order valence-corrected chi connectivity index (χ4v) is 4.60. The lowest BCUT2D eigenvalue weighted by molar-refractivity contribution is -0.122. The molecule has 1 saturated heterocycles. The van der Waals surface area contributed by atoms with E-state index >= 15 is 0 Å². The van der Waals surface area contributed by atoms with E-state index in [1.54, 1.807) is 36.4 Å². The molecule has 1 N–H and O–H groups in total. The summed E-state index contributed by atoms with van der Waals surface area (Å²) >= 11 is 6.57. The van der Waals surface area contributed by atoms with Gasteiger partial charge in [0, 0.05) is 0 Å². The summed E-state index contributed by atoms with van der Waals surface area (Å²) in [5.74, 6) is -0.397. The number of hydrogen-bond acceptors (Lipinski definition) is 6. The number of benzene rings is 4. The Morgan fingerprint density at radius 3 is 2.38 bits per heavy atom. The second-order valence-electron chi connectivity index (χ2n) is 8.62. The third-order valence-corrected chi connectivity index (χ3v) is 6.53. The SMILES string of the molecule is COc1ccc(N2C(=O)NC(=O)C(=Cc3cc(Cl)c(OCc4cccc5ccccc45)c(OC)c3)C2=O)cc1. The zero-order valence-corrected chi connectivity index (χ0v) is 21.8. The maximum Gasteiger partial charge on any atom is 0.335 e. The molecule has 0 atom stereocenters. The number of methoxy groups -OCH3 is 2. The molecule has 4 amide bonds. The Bertz CT molecular complexity index is 1630. The van der Waals surface area contributed by atoms with E-state index in [1.807, 2.05) is 42.5 Å². The van der Waals surface area contributed by atoms with Crippen LogP contribution in [0.1, 0.15) is 11.1 Å². The number of rotatable bonds is 7. The maximum atomic E-state index is 13.2. The van der Waals surface area contributed by atoms with Gasteiger partial charge in [0.2, 0.25) is 0 Å². The number of nitrogens with one attached hydrogen (secondary N) is 1. The number of carbonyl (C=O) groups excluding carboxylic acids is 3. The highest BCUT2D eigenvalue weighted by Crippen LogP contribution is 2.38. The predicted octanol–water partition coefficient (Wildman–Crippen LogP) is 5.76. The van der Waals surface area contributed by atoms with Crippen molar-refractivity contribution in [1.29, 1.82) is 0 Å². The topological polar surface area (TPSA) is 94.2 Å². The summed E-state index contributed by atoms with van der Waals surface area (Å²) in [5.41, 5.74) is 1.43. The molecular formula is C30H23ClN2O6. The van der Waals surface area contributed by atoms with Gasteiger partial charge in [0.25, 0.3) is 11.8 Å². The highest BCUT2D eigenvalue weighted by molar-refractivity contribution is 6.39. The van der Waals surface area contributed by atoms with E-state index in [-0.39, 0.29) is 22.9 Å². The Morgan fingerprint density at radius 2 is 1.64 bits per heavy atom. The molecule has 9 heteroatoms. The molecule has 0 spiro atoms. The van der Waals surface area contributed by atoms with Crippen LogP contribution in [0.2, 0.25) is 5.02 Å². The highest BCUT2D eigenvalue weighted by atomic mass is 35.5. The van der Waals surface area contributed by atoms with E-state index in [0.717, 1.165) is 21.2 Å². The summed E-state index contributed by atoms with van der Waals surface area (Å²) in [6, 6.07) is 22.6. The minimum atomic E-state index is -0.847. The van der Waals surface area contributed by atoms with Crippen LogP contribution < -0.4 is 24.4 Å². The van der Waals surface area contributed by atoms with Gasteiger partial charge in [-0.1, -0.05) is 54.1 Å². The van der Waals surface area contributed by atoms with Gasteiger partial charge in [0.05, 0.1) is 24.9 Å². The number of fused-ring (bicyclic) bond motifs is 1. The van der Waals surface area contributed by atoms with Gasteiger partial charge in [0.15, 0.2) is 11.5 Å². The van der Waals surface area contributed by atoms with Gasteiger partial charge in [-0.2, -0.15) is 0 Å². The number of barbiturate groups is 1. The summed E-state index contributed by atoms with van der Waals surface area (Å²) in [6.07, 6.45) is 1.35. The molecule has 4 aromatic rings. The molecule has 0 unspecified atom stereocenters. The van der Waals surface area contributed by atoms with Crippen molar-refractivity contribution < 1.29 is 28.6 Å².